The maximum Gasteiger partial charge on any atom is 0.488 e. The van der Waals surface area contributed by atoms with Gasteiger partial charge in [0.05, 0.1) is 0 Å². The van der Waals surface area contributed by atoms with E-state index in [-0.39, 0.29) is 0 Å². The normalized spacial score (nSPS) is 10.8. The first-order valence-corrected chi connectivity index (χ1v) is 11.9. The summed E-state index contributed by atoms with van der Waals surface area (Å²) < 4.78 is 0. The molecule has 2 aromatic heterocycles. The van der Waals surface area contributed by atoms with Crippen molar-refractivity contribution in [1.82, 2.24) is 0 Å². The fourth-order valence-electron chi connectivity index (χ4n) is 3.57. The first-order valence-electron chi connectivity index (χ1n) is 10.3. The summed E-state index contributed by atoms with van der Waals surface area (Å²) in [5, 5.41) is 21.2. The van der Waals surface area contributed by atoms with Gasteiger partial charge in [-0.3, -0.25) is 4.90 Å². The van der Waals surface area contributed by atoms with E-state index in [1.165, 1.54) is 20.9 Å². The molecule has 156 valence electrons. The summed E-state index contributed by atoms with van der Waals surface area (Å²) in [6.07, 6.45) is 0. The third-order valence-electron chi connectivity index (χ3n) is 5.19. The lowest BCUT2D eigenvalue weighted by Gasteiger charge is -2.22. The lowest BCUT2D eigenvalue weighted by molar-refractivity contribution is 0.426. The molecule has 0 saturated heterocycles. The Morgan fingerprint density at radius 2 is 1.00 bits per heavy atom. The van der Waals surface area contributed by atoms with E-state index in [1.54, 1.807) is 34.8 Å². The summed E-state index contributed by atoms with van der Waals surface area (Å²) in [5.41, 5.74) is 3.83. The van der Waals surface area contributed by atoms with Gasteiger partial charge in [-0.2, -0.15) is 0 Å². The van der Waals surface area contributed by atoms with Crippen molar-refractivity contribution < 1.29 is 10.0 Å². The van der Waals surface area contributed by atoms with Crippen molar-refractivity contribution in [2.45, 2.75) is 0 Å². The van der Waals surface area contributed by atoms with Gasteiger partial charge in [0.15, 0.2) is 0 Å². The summed E-state index contributed by atoms with van der Waals surface area (Å²) in [6.45, 7) is 0. The molecule has 5 aromatic rings. The first-order chi connectivity index (χ1) is 15.7. The van der Waals surface area contributed by atoms with Crippen LogP contribution in [-0.2, 0) is 0 Å². The molecule has 0 radical (unpaired) electrons. The van der Waals surface area contributed by atoms with Crippen LogP contribution in [0, 0.1) is 0 Å². The minimum absolute atomic E-state index is 0.473. The highest BCUT2D eigenvalue weighted by atomic mass is 32.1. The second-order valence-corrected chi connectivity index (χ2v) is 9.43. The van der Waals surface area contributed by atoms with Crippen LogP contribution < -0.4 is 10.4 Å². The minimum atomic E-state index is -1.48. The zero-order chi connectivity index (χ0) is 21.9. The van der Waals surface area contributed by atoms with Gasteiger partial charge in [0, 0.05) is 15.4 Å². The summed E-state index contributed by atoms with van der Waals surface area (Å²) in [4.78, 5) is 4.63. The van der Waals surface area contributed by atoms with Gasteiger partial charge in [0.2, 0.25) is 0 Å². The Balaban J connectivity index is 1.57. The van der Waals surface area contributed by atoms with E-state index in [0.29, 0.717) is 5.46 Å². The number of rotatable bonds is 6. The molecule has 3 nitrogen and oxygen atoms in total. The highest BCUT2D eigenvalue weighted by Gasteiger charge is 2.19. The largest absolute Gasteiger partial charge is 0.488 e. The Morgan fingerprint density at radius 3 is 1.44 bits per heavy atom. The third kappa shape index (κ3) is 4.26. The molecule has 0 aliphatic heterocycles. The Morgan fingerprint density at radius 1 is 0.531 bits per heavy atom. The van der Waals surface area contributed by atoms with Crippen molar-refractivity contribution in [3.63, 3.8) is 0 Å². The van der Waals surface area contributed by atoms with Crippen LogP contribution in [-0.4, -0.2) is 17.2 Å². The van der Waals surface area contributed by atoms with Crippen molar-refractivity contribution >= 4 is 50.9 Å². The van der Waals surface area contributed by atoms with Crippen LogP contribution in [0.3, 0.4) is 0 Å². The number of benzene rings is 3. The van der Waals surface area contributed by atoms with E-state index in [4.69, 9.17) is 0 Å². The van der Waals surface area contributed by atoms with Crippen LogP contribution in [0.2, 0.25) is 0 Å². The molecule has 6 heteroatoms. The maximum absolute atomic E-state index is 9.49. The van der Waals surface area contributed by atoms with E-state index in [9.17, 15) is 10.0 Å². The summed E-state index contributed by atoms with van der Waals surface area (Å²) >= 11 is 3.47. The number of anilines is 3. The maximum atomic E-state index is 9.49. The fourth-order valence-corrected chi connectivity index (χ4v) is 5.72. The molecule has 0 aliphatic rings. The SMILES string of the molecule is OB(O)c1ccc(N(c2ccc(-c3ccccc3)s2)c2ccc(-c3ccccc3)s2)cc1. The zero-order valence-electron chi connectivity index (χ0n) is 17.1. The minimum Gasteiger partial charge on any atom is -0.423 e. The number of hydrogen-bond acceptors (Lipinski definition) is 5. The molecule has 0 saturated carbocycles. The van der Waals surface area contributed by atoms with Gasteiger partial charge in [-0.25, -0.2) is 0 Å². The number of thiophene rings is 2. The molecule has 3 aromatic carbocycles. The molecule has 0 bridgehead atoms. The van der Waals surface area contributed by atoms with E-state index in [2.05, 4.69) is 77.7 Å². The standard InChI is InChI=1S/C26H20BNO2S2/c29-27(30)21-11-13-22(14-12-21)28(25-17-15-23(31-25)19-7-3-1-4-8-19)26-18-16-24(32-26)20-9-5-2-6-10-20/h1-18,29-30H. The molecule has 5 rings (SSSR count). The van der Waals surface area contributed by atoms with Crippen LogP contribution >= 0.6 is 22.7 Å². The molecular formula is C26H20BNO2S2. The first kappa shape index (κ1) is 20.7. The van der Waals surface area contributed by atoms with Crippen LogP contribution in [0.1, 0.15) is 0 Å². The van der Waals surface area contributed by atoms with Gasteiger partial charge < -0.3 is 10.0 Å². The molecule has 0 fully saturated rings. The highest BCUT2D eigenvalue weighted by molar-refractivity contribution is 7.21. The monoisotopic (exact) mass is 453 g/mol. The van der Waals surface area contributed by atoms with Gasteiger partial charge in [-0.05, 0) is 53.0 Å². The van der Waals surface area contributed by atoms with Crippen LogP contribution in [0.4, 0.5) is 15.7 Å². The highest BCUT2D eigenvalue weighted by Crippen LogP contribution is 2.45. The summed E-state index contributed by atoms with van der Waals surface area (Å²) in [6, 6.07) is 36.7. The zero-order valence-corrected chi connectivity index (χ0v) is 18.8. The smallest absolute Gasteiger partial charge is 0.423 e. The molecule has 2 heterocycles. The lowest BCUT2D eigenvalue weighted by atomic mass is 9.80. The van der Waals surface area contributed by atoms with Crippen molar-refractivity contribution in [2.24, 2.45) is 0 Å². The Hall–Kier alpha value is -3.16. The molecule has 0 spiro atoms. The van der Waals surface area contributed by atoms with Crippen molar-refractivity contribution in [3.05, 3.63) is 109 Å². The van der Waals surface area contributed by atoms with Crippen LogP contribution in [0.25, 0.3) is 20.9 Å². The van der Waals surface area contributed by atoms with E-state index < -0.39 is 7.12 Å². The third-order valence-corrected chi connectivity index (χ3v) is 7.43. The topological polar surface area (TPSA) is 43.7 Å². The van der Waals surface area contributed by atoms with Crippen LogP contribution in [0.5, 0.6) is 0 Å². The average Bonchev–Trinajstić information content (AvgIpc) is 3.52. The van der Waals surface area contributed by atoms with Gasteiger partial charge in [-0.1, -0.05) is 72.8 Å². The summed E-state index contributed by atoms with van der Waals surface area (Å²) in [5.74, 6) is 0. The second kappa shape index (κ2) is 9.14. The molecule has 0 unspecified atom stereocenters. The molecule has 2 N–H and O–H groups in total. The molecule has 0 amide bonds. The molecule has 32 heavy (non-hydrogen) atoms. The Kier molecular flexibility index (Phi) is 5.92. The molecular weight excluding hydrogens is 433 g/mol. The molecule has 0 aliphatic carbocycles. The Bertz CT molecular complexity index is 1220. The lowest BCUT2D eigenvalue weighted by Crippen LogP contribution is -2.29. The van der Waals surface area contributed by atoms with Gasteiger partial charge >= 0.3 is 7.12 Å². The van der Waals surface area contributed by atoms with Crippen LogP contribution in [0.15, 0.2) is 109 Å². The van der Waals surface area contributed by atoms with Gasteiger partial charge in [0.25, 0.3) is 0 Å². The van der Waals surface area contributed by atoms with Crippen molar-refractivity contribution in [3.8, 4) is 20.9 Å². The van der Waals surface area contributed by atoms with E-state index in [0.717, 1.165) is 15.7 Å². The average molecular weight is 453 g/mol. The van der Waals surface area contributed by atoms with Crippen molar-refractivity contribution in [1.29, 1.82) is 0 Å². The predicted molar refractivity (Wildman–Crippen MR) is 138 cm³/mol. The fraction of sp³-hybridized carbons (Fsp3) is 0. The quantitative estimate of drug-likeness (QED) is 0.297. The molecule has 0 atom stereocenters. The van der Waals surface area contributed by atoms with E-state index in [1.807, 2.05) is 24.3 Å². The predicted octanol–water partition coefficient (Wildman–Crippen LogP) is 6.29. The Labute approximate surface area is 195 Å². The number of hydrogen-bond donors (Lipinski definition) is 2. The van der Waals surface area contributed by atoms with Crippen molar-refractivity contribution in [2.75, 3.05) is 4.90 Å². The van der Waals surface area contributed by atoms with E-state index >= 15 is 0 Å². The summed E-state index contributed by atoms with van der Waals surface area (Å²) in [7, 11) is -1.48. The van der Waals surface area contributed by atoms with Gasteiger partial charge in [-0.15, -0.1) is 22.7 Å². The second-order valence-electron chi connectivity index (χ2n) is 7.31. The van der Waals surface area contributed by atoms with Gasteiger partial charge in [0.1, 0.15) is 10.0 Å². The number of nitrogens with zero attached hydrogens (tertiary/aromatic N) is 1.